The van der Waals surface area contributed by atoms with Gasteiger partial charge in [0, 0.05) is 40.7 Å². The summed E-state index contributed by atoms with van der Waals surface area (Å²) in [5.41, 5.74) is 1.36. The Bertz CT molecular complexity index is 1240. The van der Waals surface area contributed by atoms with E-state index in [2.05, 4.69) is 0 Å². The molecular weight excluding hydrogens is 470 g/mol. The molecule has 0 aliphatic heterocycles. The maximum atomic E-state index is 13.0. The molecule has 1 unspecified atom stereocenters. The molecule has 9 heteroatoms. The number of carbonyl (C=O) groups is 3. The van der Waals surface area contributed by atoms with Crippen LogP contribution in [0.4, 0.5) is 5.69 Å². The van der Waals surface area contributed by atoms with Gasteiger partial charge in [0.05, 0.1) is 24.0 Å². The van der Waals surface area contributed by atoms with Gasteiger partial charge in [0.25, 0.3) is 5.69 Å². The highest BCUT2D eigenvalue weighted by atomic mass is 32.2. The molecule has 1 N–H and O–H groups in total. The number of benzene rings is 3. The molecule has 0 aliphatic carbocycles. The molecule has 180 valence electrons. The number of thioether (sulfide) groups is 1. The minimum absolute atomic E-state index is 0.0720. The van der Waals surface area contributed by atoms with Crippen LogP contribution in [0, 0.1) is 10.1 Å². The number of aliphatic carboxylic acids is 1. The molecule has 0 saturated carbocycles. The average Bonchev–Trinajstić information content (AvgIpc) is 2.87. The number of hydrogen-bond donors (Lipinski definition) is 1. The van der Waals surface area contributed by atoms with Gasteiger partial charge in [-0.25, -0.2) is 0 Å². The molecule has 0 radical (unpaired) electrons. The summed E-state index contributed by atoms with van der Waals surface area (Å²) in [4.78, 5) is 47.7. The summed E-state index contributed by atoms with van der Waals surface area (Å²) in [6, 6.07) is 19.9. The van der Waals surface area contributed by atoms with E-state index in [0.717, 1.165) is 0 Å². The summed E-state index contributed by atoms with van der Waals surface area (Å²) in [6.07, 6.45) is -0.341. The number of Topliss-reactive ketones (excluding diaryl/α,β-unsaturated/α-hetero) is 2. The van der Waals surface area contributed by atoms with E-state index in [0.29, 0.717) is 16.0 Å². The number of carbonyl (C=O) groups excluding carboxylic acids is 2. The first kappa shape index (κ1) is 25.6. The van der Waals surface area contributed by atoms with Crippen molar-refractivity contribution in [3.63, 3.8) is 0 Å². The lowest BCUT2D eigenvalue weighted by Gasteiger charge is -2.18. The first-order valence-electron chi connectivity index (χ1n) is 10.7. The van der Waals surface area contributed by atoms with E-state index >= 15 is 0 Å². The average molecular weight is 494 g/mol. The van der Waals surface area contributed by atoms with E-state index in [-0.39, 0.29) is 47.8 Å². The summed E-state index contributed by atoms with van der Waals surface area (Å²) in [7, 11) is 1.41. The second-order valence-corrected chi connectivity index (χ2v) is 8.91. The summed E-state index contributed by atoms with van der Waals surface area (Å²) in [5, 5.41) is 19.7. The molecule has 0 saturated heterocycles. The van der Waals surface area contributed by atoms with Gasteiger partial charge in [-0.3, -0.25) is 24.5 Å². The highest BCUT2D eigenvalue weighted by Gasteiger charge is 2.22. The van der Waals surface area contributed by atoms with Crippen LogP contribution in [-0.2, 0) is 4.79 Å². The number of carboxylic acid groups (broad SMARTS) is 1. The van der Waals surface area contributed by atoms with Crippen molar-refractivity contribution in [2.24, 2.45) is 0 Å². The maximum absolute atomic E-state index is 13.0. The Labute approximate surface area is 206 Å². The third-order valence-electron chi connectivity index (χ3n) is 5.24. The zero-order valence-corrected chi connectivity index (χ0v) is 19.7. The first-order chi connectivity index (χ1) is 16.8. The van der Waals surface area contributed by atoms with Crippen LogP contribution >= 0.6 is 11.8 Å². The Morgan fingerprint density at radius 3 is 2.37 bits per heavy atom. The Morgan fingerprint density at radius 1 is 0.971 bits per heavy atom. The third-order valence-corrected chi connectivity index (χ3v) is 6.49. The number of hydrogen-bond acceptors (Lipinski definition) is 7. The predicted molar refractivity (Wildman–Crippen MR) is 131 cm³/mol. The lowest BCUT2D eigenvalue weighted by Crippen LogP contribution is -2.07. The number of ether oxygens (including phenoxy) is 1. The van der Waals surface area contributed by atoms with Crippen LogP contribution in [0.5, 0.6) is 5.75 Å². The molecule has 3 aromatic carbocycles. The van der Waals surface area contributed by atoms with Gasteiger partial charge >= 0.3 is 5.97 Å². The van der Waals surface area contributed by atoms with Gasteiger partial charge in [0.15, 0.2) is 11.6 Å². The molecule has 8 nitrogen and oxygen atoms in total. The van der Waals surface area contributed by atoms with Crippen molar-refractivity contribution < 1.29 is 29.2 Å². The molecule has 0 fully saturated rings. The number of nitro groups is 1. The quantitative estimate of drug-likeness (QED) is 0.146. The van der Waals surface area contributed by atoms with Gasteiger partial charge in [-0.15, -0.1) is 11.8 Å². The number of nitro benzene ring substituents is 1. The highest BCUT2D eigenvalue weighted by Crippen LogP contribution is 2.41. The monoisotopic (exact) mass is 493 g/mol. The van der Waals surface area contributed by atoms with Gasteiger partial charge in [0.2, 0.25) is 0 Å². The van der Waals surface area contributed by atoms with Crippen LogP contribution in [-0.4, -0.2) is 34.7 Å². The minimum atomic E-state index is -1.06. The topological polar surface area (TPSA) is 124 Å². The summed E-state index contributed by atoms with van der Waals surface area (Å²) in [6.45, 7) is 0. The maximum Gasteiger partial charge on any atom is 0.303 e. The zero-order chi connectivity index (χ0) is 25.4. The third kappa shape index (κ3) is 7.00. The highest BCUT2D eigenvalue weighted by molar-refractivity contribution is 7.99. The molecule has 0 spiro atoms. The molecule has 0 aromatic heterocycles. The second-order valence-electron chi connectivity index (χ2n) is 7.63. The van der Waals surface area contributed by atoms with E-state index in [1.54, 1.807) is 54.6 Å². The van der Waals surface area contributed by atoms with E-state index < -0.39 is 16.1 Å². The summed E-state index contributed by atoms with van der Waals surface area (Å²) < 4.78 is 5.36. The standard InChI is InChI=1S/C26H23NO7S/c1-34-24-15-20(10-11-21(24)22(28)12-13-26(30)31)35-25(16-23(29)17-6-3-2-4-7-17)18-8-5-9-19(14-18)27(32)33/h2-11,14-15,25H,12-13,16H2,1H3,(H,30,31). The predicted octanol–water partition coefficient (Wildman–Crippen LogP) is 5.76. The van der Waals surface area contributed by atoms with Crippen LogP contribution in [0.3, 0.4) is 0 Å². The molecule has 3 rings (SSSR count). The number of ketones is 2. The van der Waals surface area contributed by atoms with E-state index in [4.69, 9.17) is 9.84 Å². The normalized spacial score (nSPS) is 11.5. The van der Waals surface area contributed by atoms with E-state index in [1.807, 2.05) is 6.07 Å². The molecule has 0 bridgehead atoms. The van der Waals surface area contributed by atoms with Gasteiger partial charge in [-0.2, -0.15) is 0 Å². The van der Waals surface area contributed by atoms with Crippen molar-refractivity contribution in [3.05, 3.63) is 99.6 Å². The fourth-order valence-corrected chi connectivity index (χ4v) is 4.64. The molecule has 0 amide bonds. The summed E-state index contributed by atoms with van der Waals surface area (Å²) in [5.74, 6) is -1.23. The molecular formula is C26H23NO7S. The van der Waals surface area contributed by atoms with Gasteiger partial charge in [-0.1, -0.05) is 42.5 Å². The lowest BCUT2D eigenvalue weighted by atomic mass is 10.0. The number of methoxy groups -OCH3 is 1. The Kier molecular flexibility index (Phi) is 8.74. The number of non-ortho nitro benzene ring substituents is 1. The van der Waals surface area contributed by atoms with Crippen molar-refractivity contribution in [1.82, 2.24) is 0 Å². The Hall–Kier alpha value is -3.98. The molecule has 35 heavy (non-hydrogen) atoms. The van der Waals surface area contributed by atoms with Crippen molar-refractivity contribution in [2.45, 2.75) is 29.4 Å². The van der Waals surface area contributed by atoms with Crippen molar-refractivity contribution in [3.8, 4) is 5.75 Å². The van der Waals surface area contributed by atoms with Crippen molar-refractivity contribution >= 4 is 35.0 Å². The van der Waals surface area contributed by atoms with Crippen LogP contribution in [0.25, 0.3) is 0 Å². The Balaban J connectivity index is 1.91. The number of rotatable bonds is 12. The van der Waals surface area contributed by atoms with Gasteiger partial charge in [0.1, 0.15) is 5.75 Å². The Morgan fingerprint density at radius 2 is 1.71 bits per heavy atom. The molecule has 3 aromatic rings. The zero-order valence-electron chi connectivity index (χ0n) is 18.9. The fraction of sp³-hybridized carbons (Fsp3) is 0.192. The SMILES string of the molecule is COc1cc(SC(CC(=O)c2ccccc2)c2cccc([N+](=O)[O-])c2)ccc1C(=O)CCC(=O)O. The van der Waals surface area contributed by atoms with Crippen LogP contribution in [0.2, 0.25) is 0 Å². The van der Waals surface area contributed by atoms with E-state index in [9.17, 15) is 24.5 Å². The van der Waals surface area contributed by atoms with Crippen molar-refractivity contribution in [1.29, 1.82) is 0 Å². The molecule has 0 aliphatic rings. The van der Waals surface area contributed by atoms with Gasteiger partial charge in [-0.05, 0) is 23.8 Å². The number of nitrogens with zero attached hydrogens (tertiary/aromatic N) is 1. The van der Waals surface area contributed by atoms with Crippen LogP contribution in [0.15, 0.2) is 77.7 Å². The van der Waals surface area contributed by atoms with Crippen molar-refractivity contribution in [2.75, 3.05) is 7.11 Å². The fourth-order valence-electron chi connectivity index (χ4n) is 3.47. The van der Waals surface area contributed by atoms with E-state index in [1.165, 1.54) is 31.0 Å². The second kappa shape index (κ2) is 11.9. The largest absolute Gasteiger partial charge is 0.496 e. The van der Waals surface area contributed by atoms with Crippen LogP contribution < -0.4 is 4.74 Å². The lowest BCUT2D eigenvalue weighted by molar-refractivity contribution is -0.384. The van der Waals surface area contributed by atoms with Crippen LogP contribution in [0.1, 0.15) is 50.8 Å². The summed E-state index contributed by atoms with van der Waals surface area (Å²) >= 11 is 1.32. The first-order valence-corrected chi connectivity index (χ1v) is 11.6. The minimum Gasteiger partial charge on any atom is -0.496 e. The van der Waals surface area contributed by atoms with Gasteiger partial charge < -0.3 is 9.84 Å². The molecule has 1 atom stereocenters. The molecule has 0 heterocycles. The number of carboxylic acids is 1. The smallest absolute Gasteiger partial charge is 0.303 e.